The number of carbonyl (C=O) groups is 2. The molecule has 2 heterocycles. The van der Waals surface area contributed by atoms with Crippen molar-refractivity contribution in [2.24, 2.45) is 0 Å². The minimum Gasteiger partial charge on any atom is -0.383 e. The molecule has 6 heteroatoms. The smallest absolute Gasteiger partial charge is 0.254 e. The molecule has 3 N–H and O–H groups in total. The molecule has 0 radical (unpaired) electrons. The lowest BCUT2D eigenvalue weighted by molar-refractivity contribution is -0.121. The molecule has 152 valence electrons. The minimum atomic E-state index is -1.11. The van der Waals surface area contributed by atoms with Crippen LogP contribution < -0.4 is 10.6 Å². The standard InChI is InChI=1S/C23H27N3O3/c27-21-15-20(17-7-2-1-3-8-17)24-13-11-23(29)16-26(14-6-12-25-21)22(28)18-9-4-5-10-19(18)23/h1-5,7-10,20,24,29H,6,11-16H2,(H,25,27)/t20-,23-/m0/s1. The molecular formula is C23H27N3O3. The van der Waals surface area contributed by atoms with Crippen molar-refractivity contribution in [3.05, 3.63) is 71.3 Å². The second-order valence-corrected chi connectivity index (χ2v) is 7.88. The van der Waals surface area contributed by atoms with Crippen LogP contribution in [0.15, 0.2) is 54.6 Å². The number of hydrogen-bond acceptors (Lipinski definition) is 4. The molecule has 29 heavy (non-hydrogen) atoms. The van der Waals surface area contributed by atoms with Crippen LogP contribution in [-0.4, -0.2) is 48.0 Å². The van der Waals surface area contributed by atoms with Crippen LogP contribution in [0, 0.1) is 0 Å². The summed E-state index contributed by atoms with van der Waals surface area (Å²) >= 11 is 0. The van der Waals surface area contributed by atoms with Crippen molar-refractivity contribution in [2.45, 2.75) is 30.9 Å². The molecule has 2 aromatic rings. The molecule has 1 fully saturated rings. The summed E-state index contributed by atoms with van der Waals surface area (Å²) in [6.07, 6.45) is 1.44. The zero-order chi connectivity index (χ0) is 20.3. The van der Waals surface area contributed by atoms with E-state index in [9.17, 15) is 14.7 Å². The minimum absolute atomic E-state index is 0.0168. The van der Waals surface area contributed by atoms with Gasteiger partial charge in [0.15, 0.2) is 0 Å². The summed E-state index contributed by atoms with van der Waals surface area (Å²) in [5, 5.41) is 17.9. The summed E-state index contributed by atoms with van der Waals surface area (Å²) in [5.41, 5.74) is 1.21. The largest absolute Gasteiger partial charge is 0.383 e. The summed E-state index contributed by atoms with van der Waals surface area (Å²) < 4.78 is 0. The molecular weight excluding hydrogens is 366 g/mol. The van der Waals surface area contributed by atoms with Crippen molar-refractivity contribution in [3.63, 3.8) is 0 Å². The van der Waals surface area contributed by atoms with Crippen LogP contribution in [0.2, 0.25) is 0 Å². The Labute approximate surface area is 170 Å². The average molecular weight is 393 g/mol. The summed E-state index contributed by atoms with van der Waals surface area (Å²) in [6.45, 7) is 1.81. The number of nitrogens with one attached hydrogen (secondary N) is 2. The number of hydrogen-bond donors (Lipinski definition) is 3. The Morgan fingerprint density at radius 3 is 2.59 bits per heavy atom. The molecule has 6 nitrogen and oxygen atoms in total. The molecule has 0 aromatic heterocycles. The maximum atomic E-state index is 12.9. The quantitative estimate of drug-likeness (QED) is 0.692. The number of nitrogens with zero attached hydrogens (tertiary/aromatic N) is 1. The molecule has 2 bridgehead atoms. The van der Waals surface area contributed by atoms with Crippen LogP contribution >= 0.6 is 0 Å². The van der Waals surface area contributed by atoms with Crippen molar-refractivity contribution in [2.75, 3.05) is 26.2 Å². The van der Waals surface area contributed by atoms with Gasteiger partial charge in [-0.05, 0) is 36.6 Å². The molecule has 0 saturated carbocycles. The predicted molar refractivity (Wildman–Crippen MR) is 110 cm³/mol. The third-order valence-corrected chi connectivity index (χ3v) is 5.85. The Kier molecular flexibility index (Phi) is 5.65. The third kappa shape index (κ3) is 4.18. The SMILES string of the molecule is O=C1C[C@@H](c2ccccc2)NCC[C@]2(O)CN(CCCN1)C(=O)c1ccccc12. The van der Waals surface area contributed by atoms with Gasteiger partial charge >= 0.3 is 0 Å². The number of carbonyl (C=O) groups excluding carboxylic acids is 2. The first-order chi connectivity index (χ1) is 14.1. The number of rotatable bonds is 1. The van der Waals surface area contributed by atoms with E-state index in [-0.39, 0.29) is 24.4 Å². The summed E-state index contributed by atoms with van der Waals surface area (Å²) in [7, 11) is 0. The maximum Gasteiger partial charge on any atom is 0.254 e. The number of amides is 2. The highest BCUT2D eigenvalue weighted by atomic mass is 16.3. The second-order valence-electron chi connectivity index (χ2n) is 7.88. The van der Waals surface area contributed by atoms with Crippen molar-refractivity contribution < 1.29 is 14.7 Å². The molecule has 4 rings (SSSR count). The van der Waals surface area contributed by atoms with E-state index in [1.54, 1.807) is 11.0 Å². The van der Waals surface area contributed by atoms with E-state index >= 15 is 0 Å². The van der Waals surface area contributed by atoms with Gasteiger partial charge in [0, 0.05) is 31.1 Å². The second kappa shape index (κ2) is 8.35. The number of aliphatic hydroxyl groups is 1. The lowest BCUT2D eigenvalue weighted by Crippen LogP contribution is -2.51. The fraction of sp³-hybridized carbons (Fsp3) is 0.391. The molecule has 2 aromatic carbocycles. The Morgan fingerprint density at radius 1 is 1.00 bits per heavy atom. The molecule has 2 aliphatic rings. The lowest BCUT2D eigenvalue weighted by atomic mass is 9.82. The monoisotopic (exact) mass is 393 g/mol. The number of benzene rings is 2. The van der Waals surface area contributed by atoms with Crippen LogP contribution in [0.3, 0.4) is 0 Å². The van der Waals surface area contributed by atoms with Crippen molar-refractivity contribution in [1.82, 2.24) is 15.5 Å². The zero-order valence-electron chi connectivity index (χ0n) is 16.4. The fourth-order valence-corrected chi connectivity index (χ4v) is 4.31. The van der Waals surface area contributed by atoms with E-state index in [2.05, 4.69) is 10.6 Å². The molecule has 0 unspecified atom stereocenters. The van der Waals surface area contributed by atoms with E-state index in [1.165, 1.54) is 0 Å². The first kappa shape index (κ1) is 19.6. The van der Waals surface area contributed by atoms with E-state index in [0.29, 0.717) is 50.0 Å². The van der Waals surface area contributed by atoms with E-state index in [4.69, 9.17) is 0 Å². The summed E-state index contributed by atoms with van der Waals surface area (Å²) in [5.74, 6) is -0.0708. The topological polar surface area (TPSA) is 81.7 Å². The van der Waals surface area contributed by atoms with Crippen molar-refractivity contribution >= 4 is 11.8 Å². The molecule has 1 saturated heterocycles. The molecule has 2 atom stereocenters. The predicted octanol–water partition coefficient (Wildman–Crippen LogP) is 1.96. The average Bonchev–Trinajstić information content (AvgIpc) is 2.75. The van der Waals surface area contributed by atoms with E-state index < -0.39 is 5.60 Å². The molecule has 2 amide bonds. The Morgan fingerprint density at radius 2 is 1.76 bits per heavy atom. The highest BCUT2D eigenvalue weighted by molar-refractivity contribution is 5.97. The maximum absolute atomic E-state index is 12.9. The zero-order valence-corrected chi connectivity index (χ0v) is 16.4. The van der Waals surface area contributed by atoms with Gasteiger partial charge in [-0.2, -0.15) is 0 Å². The van der Waals surface area contributed by atoms with Crippen LogP contribution in [0.1, 0.15) is 46.8 Å². The summed E-state index contributed by atoms with van der Waals surface area (Å²) in [6, 6.07) is 17.1. The van der Waals surface area contributed by atoms with Crippen LogP contribution in [-0.2, 0) is 10.4 Å². The van der Waals surface area contributed by atoms with Gasteiger partial charge in [0.05, 0.1) is 6.54 Å². The van der Waals surface area contributed by atoms with Crippen LogP contribution in [0.4, 0.5) is 0 Å². The normalized spacial score (nSPS) is 25.8. The van der Waals surface area contributed by atoms with Gasteiger partial charge in [-0.1, -0.05) is 48.5 Å². The fourth-order valence-electron chi connectivity index (χ4n) is 4.31. The lowest BCUT2D eigenvalue weighted by Gasteiger charge is -2.40. The van der Waals surface area contributed by atoms with Gasteiger partial charge in [0.2, 0.25) is 5.91 Å². The van der Waals surface area contributed by atoms with Gasteiger partial charge in [-0.15, -0.1) is 0 Å². The van der Waals surface area contributed by atoms with E-state index in [1.807, 2.05) is 48.5 Å². The van der Waals surface area contributed by atoms with Crippen molar-refractivity contribution in [1.29, 1.82) is 0 Å². The van der Waals surface area contributed by atoms with Crippen molar-refractivity contribution in [3.8, 4) is 0 Å². The van der Waals surface area contributed by atoms with E-state index in [0.717, 1.165) is 5.56 Å². The molecule has 2 aliphatic heterocycles. The van der Waals surface area contributed by atoms with Gasteiger partial charge in [0.25, 0.3) is 5.91 Å². The van der Waals surface area contributed by atoms with Gasteiger partial charge in [-0.25, -0.2) is 0 Å². The summed E-state index contributed by atoms with van der Waals surface area (Å²) in [4.78, 5) is 27.0. The molecule has 0 spiro atoms. The number of fused-ring (bicyclic) bond motifs is 4. The Bertz CT molecular complexity index is 886. The highest BCUT2D eigenvalue weighted by Crippen LogP contribution is 2.34. The third-order valence-electron chi connectivity index (χ3n) is 5.85. The Hall–Kier alpha value is -2.70. The van der Waals surface area contributed by atoms with Gasteiger partial charge in [-0.3, -0.25) is 9.59 Å². The van der Waals surface area contributed by atoms with Gasteiger partial charge < -0.3 is 20.6 Å². The van der Waals surface area contributed by atoms with Crippen LogP contribution in [0.25, 0.3) is 0 Å². The van der Waals surface area contributed by atoms with Gasteiger partial charge in [0.1, 0.15) is 5.60 Å². The Balaban J connectivity index is 1.62. The first-order valence-corrected chi connectivity index (χ1v) is 10.2. The first-order valence-electron chi connectivity index (χ1n) is 10.2. The van der Waals surface area contributed by atoms with Crippen LogP contribution in [0.5, 0.6) is 0 Å². The highest BCUT2D eigenvalue weighted by Gasteiger charge is 2.41. The molecule has 0 aliphatic carbocycles.